The Kier molecular flexibility index (Phi) is 2.84. The Morgan fingerprint density at radius 3 is 2.38 bits per heavy atom. The molecule has 0 aromatic rings. The number of hydrogen-bond donors (Lipinski definition) is 1. The average molecular weight is 250 g/mol. The molecule has 0 amide bonds. The van der Waals surface area contributed by atoms with E-state index in [1.165, 1.54) is 12.8 Å². The summed E-state index contributed by atoms with van der Waals surface area (Å²) < 4.78 is 11.2. The van der Waals surface area contributed by atoms with Crippen LogP contribution in [0.25, 0.3) is 0 Å². The predicted octanol–water partition coefficient (Wildman–Crippen LogP) is 0.496. The molecule has 1 saturated carbocycles. The third-order valence-corrected chi connectivity index (χ3v) is 5.80. The van der Waals surface area contributed by atoms with Gasteiger partial charge in [0.15, 0.2) is 0 Å². The molecule has 1 aliphatic heterocycles. The molecule has 76 valence electrons. The Balaban J connectivity index is 1.79. The van der Waals surface area contributed by atoms with Gasteiger partial charge in [-0.25, -0.2) is 0 Å². The zero-order chi connectivity index (χ0) is 9.31. The van der Waals surface area contributed by atoms with Crippen molar-refractivity contribution in [3.05, 3.63) is 0 Å². The summed E-state index contributed by atoms with van der Waals surface area (Å²) in [5.74, 6) is 0. The molecule has 3 nitrogen and oxygen atoms in total. The van der Waals surface area contributed by atoms with Crippen LogP contribution in [0.2, 0.25) is 10.6 Å². The first kappa shape index (κ1) is 9.78. The second-order valence-electron chi connectivity index (χ2n) is 4.28. The Labute approximate surface area is 83.2 Å². The molecule has 1 heterocycles. The number of aliphatic hydroxyl groups excluding tert-OH is 1. The van der Waals surface area contributed by atoms with Crippen molar-refractivity contribution in [1.29, 1.82) is 0 Å². The van der Waals surface area contributed by atoms with Gasteiger partial charge in [-0.15, -0.1) is 0 Å². The van der Waals surface area contributed by atoms with Crippen molar-refractivity contribution in [2.75, 3.05) is 26.2 Å². The van der Waals surface area contributed by atoms with Crippen LogP contribution >= 0.6 is 0 Å². The molecule has 1 aliphatic carbocycles. The van der Waals surface area contributed by atoms with E-state index in [1.54, 1.807) is 0 Å². The topological polar surface area (TPSA) is 40.5 Å². The summed E-state index contributed by atoms with van der Waals surface area (Å²) in [7, 11) is 0. The van der Waals surface area contributed by atoms with Crippen molar-refractivity contribution in [3.63, 3.8) is 0 Å². The molecule has 0 bridgehead atoms. The summed E-state index contributed by atoms with van der Waals surface area (Å²) in [6, 6.07) is 0. The van der Waals surface area contributed by atoms with Crippen molar-refractivity contribution >= 4 is 13.8 Å². The number of hydrogen-bond acceptors (Lipinski definition) is 3. The van der Waals surface area contributed by atoms with Crippen LogP contribution < -0.4 is 0 Å². The zero-order valence-electron chi connectivity index (χ0n) is 7.87. The first-order valence-corrected chi connectivity index (χ1v) is 8.05. The fourth-order valence-electron chi connectivity index (χ4n) is 1.85. The van der Waals surface area contributed by atoms with Gasteiger partial charge in [-0.3, -0.25) is 0 Å². The normalized spacial score (nSPS) is 29.0. The molecule has 1 saturated heterocycles. The number of nitrogens with zero attached hydrogens (tertiary/aromatic N) is 1. The van der Waals surface area contributed by atoms with E-state index in [0.717, 1.165) is 30.3 Å². The standard InChI is InChI=1S/C9H17NO2Se/c11-8-9(1-2-9)7-10-3-5-13(12)6-4-10/h11H,1-8H2. The third kappa shape index (κ3) is 2.38. The van der Waals surface area contributed by atoms with Gasteiger partial charge < -0.3 is 0 Å². The van der Waals surface area contributed by atoms with E-state index in [4.69, 9.17) is 5.11 Å². The summed E-state index contributed by atoms with van der Waals surface area (Å²) in [4.78, 5) is 2.38. The molecule has 0 aromatic carbocycles. The average Bonchev–Trinajstić information content (AvgIpc) is 2.90. The molecule has 13 heavy (non-hydrogen) atoms. The van der Waals surface area contributed by atoms with Crippen molar-refractivity contribution in [1.82, 2.24) is 4.90 Å². The maximum atomic E-state index is 11.2. The molecule has 0 atom stereocenters. The van der Waals surface area contributed by atoms with Gasteiger partial charge in [0, 0.05) is 0 Å². The number of aliphatic hydroxyl groups is 1. The van der Waals surface area contributed by atoms with Gasteiger partial charge in [0.1, 0.15) is 0 Å². The first-order chi connectivity index (χ1) is 6.24. The Bertz CT molecular complexity index is 206. The zero-order valence-corrected chi connectivity index (χ0v) is 9.58. The van der Waals surface area contributed by atoms with Crippen molar-refractivity contribution < 1.29 is 8.94 Å². The molecule has 0 unspecified atom stereocenters. The molecule has 2 fully saturated rings. The van der Waals surface area contributed by atoms with Crippen LogP contribution in [0.3, 0.4) is 0 Å². The maximum absolute atomic E-state index is 11.2. The fraction of sp³-hybridized carbons (Fsp3) is 1.00. The van der Waals surface area contributed by atoms with Crippen LogP contribution in [0.5, 0.6) is 0 Å². The van der Waals surface area contributed by atoms with Crippen LogP contribution in [0.15, 0.2) is 0 Å². The van der Waals surface area contributed by atoms with Gasteiger partial charge in [0.05, 0.1) is 0 Å². The Morgan fingerprint density at radius 1 is 1.31 bits per heavy atom. The van der Waals surface area contributed by atoms with Crippen LogP contribution in [0, 0.1) is 5.41 Å². The van der Waals surface area contributed by atoms with Crippen molar-refractivity contribution in [3.8, 4) is 0 Å². The van der Waals surface area contributed by atoms with E-state index in [9.17, 15) is 3.83 Å². The molecule has 0 spiro atoms. The molecule has 4 heteroatoms. The van der Waals surface area contributed by atoms with Gasteiger partial charge in [0.25, 0.3) is 0 Å². The SMILES string of the molecule is O=[Se]1CCN(CC2(CO)CC2)CC1. The quantitative estimate of drug-likeness (QED) is 0.741. The van der Waals surface area contributed by atoms with E-state index >= 15 is 0 Å². The van der Waals surface area contributed by atoms with Gasteiger partial charge in [-0.05, 0) is 0 Å². The third-order valence-electron chi connectivity index (χ3n) is 3.12. The van der Waals surface area contributed by atoms with Crippen LogP contribution in [0.4, 0.5) is 0 Å². The second-order valence-corrected chi connectivity index (χ2v) is 7.84. The monoisotopic (exact) mass is 251 g/mol. The van der Waals surface area contributed by atoms with Gasteiger partial charge in [-0.1, -0.05) is 0 Å². The fourth-order valence-corrected chi connectivity index (χ4v) is 4.22. The van der Waals surface area contributed by atoms with E-state index in [2.05, 4.69) is 4.90 Å². The van der Waals surface area contributed by atoms with Crippen molar-refractivity contribution in [2.45, 2.75) is 23.5 Å². The Hall–Kier alpha value is 0.239. The molecule has 2 rings (SSSR count). The summed E-state index contributed by atoms with van der Waals surface area (Å²) in [5, 5.41) is 11.0. The summed E-state index contributed by atoms with van der Waals surface area (Å²) in [6.07, 6.45) is 2.36. The molecule has 1 N–H and O–H groups in total. The minimum absolute atomic E-state index is 0.232. The van der Waals surface area contributed by atoms with Gasteiger partial charge in [-0.2, -0.15) is 0 Å². The summed E-state index contributed by atoms with van der Waals surface area (Å²) in [6.45, 7) is 3.36. The summed E-state index contributed by atoms with van der Waals surface area (Å²) in [5.41, 5.74) is 0.232. The second kappa shape index (κ2) is 3.77. The molecular weight excluding hydrogens is 233 g/mol. The Morgan fingerprint density at radius 2 is 1.92 bits per heavy atom. The van der Waals surface area contributed by atoms with E-state index in [-0.39, 0.29) is 5.41 Å². The minimum atomic E-state index is -1.42. The van der Waals surface area contributed by atoms with E-state index in [1.807, 2.05) is 0 Å². The van der Waals surface area contributed by atoms with E-state index < -0.39 is 13.8 Å². The predicted molar refractivity (Wildman–Crippen MR) is 51.2 cm³/mol. The van der Waals surface area contributed by atoms with Crippen molar-refractivity contribution in [2.24, 2.45) is 5.41 Å². The first-order valence-electron chi connectivity index (χ1n) is 4.92. The van der Waals surface area contributed by atoms with Gasteiger partial charge >= 0.3 is 82.8 Å². The molecule has 0 radical (unpaired) electrons. The van der Waals surface area contributed by atoms with Crippen LogP contribution in [0.1, 0.15) is 12.8 Å². The van der Waals surface area contributed by atoms with E-state index in [0.29, 0.717) is 6.61 Å². The number of rotatable bonds is 3. The summed E-state index contributed by atoms with van der Waals surface area (Å²) >= 11 is -1.42. The van der Waals surface area contributed by atoms with Gasteiger partial charge in [0.2, 0.25) is 0 Å². The van der Waals surface area contributed by atoms with Crippen LogP contribution in [-0.4, -0.2) is 50.1 Å². The molecular formula is C9H17NO2Se. The molecule has 2 aliphatic rings. The molecule has 0 aromatic heterocycles. The van der Waals surface area contributed by atoms with Crippen LogP contribution in [-0.2, 0) is 3.83 Å².